The molecule has 10 heteroatoms. The van der Waals surface area contributed by atoms with E-state index in [-0.39, 0.29) is 23.5 Å². The van der Waals surface area contributed by atoms with Crippen molar-refractivity contribution < 1.29 is 22.7 Å². The molecule has 0 aliphatic rings. The van der Waals surface area contributed by atoms with Gasteiger partial charge in [-0.25, -0.2) is 26.7 Å². The summed E-state index contributed by atoms with van der Waals surface area (Å²) < 4.78 is 42.9. The number of nitrogens with one attached hydrogen (secondary N) is 1. The number of allylic oxidation sites excluding steroid dienone is 1. The van der Waals surface area contributed by atoms with Gasteiger partial charge in [0.2, 0.25) is 10.0 Å². The third-order valence-corrected chi connectivity index (χ3v) is 7.50. The minimum Gasteiger partial charge on any atom is -0.478 e. The van der Waals surface area contributed by atoms with Gasteiger partial charge in [0.05, 0.1) is 17.0 Å². The number of carboxylic acids is 1. The van der Waals surface area contributed by atoms with Crippen LogP contribution in [0.25, 0.3) is 22.0 Å². The molecule has 0 radical (unpaired) electrons. The highest BCUT2D eigenvalue weighted by Crippen LogP contribution is 2.38. The van der Waals surface area contributed by atoms with Gasteiger partial charge in [-0.3, -0.25) is 0 Å². The molecular formula is C23H25ClFN3O4S. The number of nitrogens with zero attached hydrogens (tertiary/aromatic N) is 2. The topological polar surface area (TPSA) is 91.6 Å². The van der Waals surface area contributed by atoms with Crippen molar-refractivity contribution in [2.24, 2.45) is 0 Å². The summed E-state index contributed by atoms with van der Waals surface area (Å²) in [5.74, 6) is -1.51. The first-order valence-electron chi connectivity index (χ1n) is 10.1. The van der Waals surface area contributed by atoms with Crippen LogP contribution < -0.4 is 4.84 Å². The minimum atomic E-state index is -3.69. The van der Waals surface area contributed by atoms with Crippen molar-refractivity contribution in [2.45, 2.75) is 25.3 Å². The summed E-state index contributed by atoms with van der Waals surface area (Å²) in [4.78, 5) is 14.1. The summed E-state index contributed by atoms with van der Waals surface area (Å²) in [6, 6.07) is 9.46. The smallest absolute Gasteiger partial charge is 0.335 e. The predicted molar refractivity (Wildman–Crippen MR) is 128 cm³/mol. The van der Waals surface area contributed by atoms with Crippen molar-refractivity contribution in [3.8, 4) is 11.1 Å². The lowest BCUT2D eigenvalue weighted by molar-refractivity contribution is 0.0697. The van der Waals surface area contributed by atoms with Crippen LogP contribution in [0.5, 0.6) is 0 Å². The zero-order chi connectivity index (χ0) is 24.5. The van der Waals surface area contributed by atoms with Gasteiger partial charge in [-0.2, -0.15) is 0 Å². The summed E-state index contributed by atoms with van der Waals surface area (Å²) in [6.45, 7) is 3.71. The molecule has 0 aliphatic carbocycles. The fourth-order valence-corrected chi connectivity index (χ4v) is 4.77. The number of carboxylic acid groups (broad SMARTS) is 1. The van der Waals surface area contributed by atoms with Crippen molar-refractivity contribution in [1.29, 1.82) is 0 Å². The third kappa shape index (κ3) is 4.81. The SMILES string of the molecule is Cc1ccc(S(=O)(=O)N(C)C)cc1-c1c(C)n(C/C(F)=C/CNCl)c2ccc(C(=O)O)cc12. The molecule has 0 saturated heterocycles. The normalized spacial score (nSPS) is 12.6. The molecule has 1 heterocycles. The second-order valence-electron chi connectivity index (χ2n) is 7.84. The maximum atomic E-state index is 14.6. The van der Waals surface area contributed by atoms with Crippen molar-refractivity contribution in [3.05, 3.63) is 65.1 Å². The molecule has 0 spiro atoms. The molecule has 0 aliphatic heterocycles. The fraction of sp³-hybridized carbons (Fsp3) is 0.261. The molecule has 1 aromatic heterocycles. The Hall–Kier alpha value is -2.72. The standard InChI is InChI=1S/C23H25ClFN3O4S/c1-14-5-7-18(33(31,32)27(3)4)12-19(14)22-15(2)28(13-17(25)9-10-26-24)21-8-6-16(23(29)30)11-20(21)22/h5-9,11-12,26H,10,13H2,1-4H3,(H,29,30)/b17-9-. The first-order chi connectivity index (χ1) is 15.5. The average molecular weight is 494 g/mol. The lowest BCUT2D eigenvalue weighted by Gasteiger charge is -2.14. The molecule has 2 aromatic carbocycles. The van der Waals surface area contributed by atoms with E-state index >= 15 is 0 Å². The van der Waals surface area contributed by atoms with Gasteiger partial charge in [-0.1, -0.05) is 6.07 Å². The van der Waals surface area contributed by atoms with Crippen LogP contribution in [0.4, 0.5) is 4.39 Å². The molecule has 0 bridgehead atoms. The molecule has 3 aromatic rings. The second-order valence-corrected chi connectivity index (χ2v) is 10.3. The third-order valence-electron chi connectivity index (χ3n) is 5.54. The van der Waals surface area contributed by atoms with Gasteiger partial charge in [0.25, 0.3) is 0 Å². The minimum absolute atomic E-state index is 0.0813. The molecule has 0 atom stereocenters. The Bertz CT molecular complexity index is 1360. The van der Waals surface area contributed by atoms with E-state index < -0.39 is 21.8 Å². The van der Waals surface area contributed by atoms with Crippen LogP contribution in [0.2, 0.25) is 0 Å². The summed E-state index contributed by atoms with van der Waals surface area (Å²) in [5, 5.41) is 10.1. The van der Waals surface area contributed by atoms with E-state index in [1.54, 1.807) is 29.7 Å². The van der Waals surface area contributed by atoms with E-state index in [1.165, 1.54) is 38.4 Å². The van der Waals surface area contributed by atoms with Crippen LogP contribution >= 0.6 is 11.8 Å². The summed E-state index contributed by atoms with van der Waals surface area (Å²) in [7, 11) is -0.782. The van der Waals surface area contributed by atoms with E-state index in [9.17, 15) is 22.7 Å². The monoisotopic (exact) mass is 493 g/mol. The maximum Gasteiger partial charge on any atom is 0.335 e. The molecule has 33 heavy (non-hydrogen) atoms. The number of benzene rings is 2. The predicted octanol–water partition coefficient (Wildman–Crippen LogP) is 4.47. The Kier molecular flexibility index (Phi) is 7.28. The summed E-state index contributed by atoms with van der Waals surface area (Å²) >= 11 is 5.42. The van der Waals surface area contributed by atoms with E-state index in [0.717, 1.165) is 9.87 Å². The molecule has 0 unspecified atom stereocenters. The molecule has 0 saturated carbocycles. The number of fused-ring (bicyclic) bond motifs is 1. The highest BCUT2D eigenvalue weighted by Gasteiger charge is 2.23. The number of hydrogen-bond donors (Lipinski definition) is 2. The average Bonchev–Trinajstić information content (AvgIpc) is 3.03. The molecule has 176 valence electrons. The number of aryl methyl sites for hydroxylation is 1. The Morgan fingerprint density at radius 3 is 2.52 bits per heavy atom. The first-order valence-corrected chi connectivity index (χ1v) is 11.9. The Balaban J connectivity index is 2.34. The highest BCUT2D eigenvalue weighted by molar-refractivity contribution is 7.89. The second kappa shape index (κ2) is 9.64. The first kappa shape index (κ1) is 24.9. The Morgan fingerprint density at radius 1 is 1.21 bits per heavy atom. The molecule has 0 amide bonds. The van der Waals surface area contributed by atoms with Crippen LogP contribution in [0.3, 0.4) is 0 Å². The van der Waals surface area contributed by atoms with Gasteiger partial charge in [0, 0.05) is 42.8 Å². The molecular weight excluding hydrogens is 469 g/mol. The van der Waals surface area contributed by atoms with E-state index in [2.05, 4.69) is 4.84 Å². The van der Waals surface area contributed by atoms with Gasteiger partial charge >= 0.3 is 5.97 Å². The van der Waals surface area contributed by atoms with Gasteiger partial charge < -0.3 is 9.67 Å². The number of hydrogen-bond acceptors (Lipinski definition) is 4. The van der Waals surface area contributed by atoms with E-state index in [4.69, 9.17) is 11.8 Å². The largest absolute Gasteiger partial charge is 0.478 e. The van der Waals surface area contributed by atoms with Crippen LogP contribution in [-0.2, 0) is 16.6 Å². The van der Waals surface area contributed by atoms with Gasteiger partial charge in [-0.05, 0) is 73.2 Å². The fourth-order valence-electron chi connectivity index (χ4n) is 3.77. The van der Waals surface area contributed by atoms with Crippen LogP contribution in [0.15, 0.2) is 53.2 Å². The van der Waals surface area contributed by atoms with Crippen LogP contribution in [0.1, 0.15) is 21.6 Å². The number of aromatic nitrogens is 1. The maximum absolute atomic E-state index is 14.6. The van der Waals surface area contributed by atoms with E-state index in [0.29, 0.717) is 27.7 Å². The number of halogens is 2. The molecule has 3 rings (SSSR count). The van der Waals surface area contributed by atoms with Gasteiger partial charge in [0.15, 0.2) is 0 Å². The number of aromatic carboxylic acids is 1. The number of carbonyl (C=O) groups is 1. The lowest BCUT2D eigenvalue weighted by Crippen LogP contribution is -2.22. The van der Waals surface area contributed by atoms with Crippen molar-refractivity contribution in [1.82, 2.24) is 13.7 Å². The number of rotatable bonds is 8. The van der Waals surface area contributed by atoms with Gasteiger partial charge in [0.1, 0.15) is 5.83 Å². The van der Waals surface area contributed by atoms with Crippen LogP contribution in [0, 0.1) is 13.8 Å². The molecule has 7 nitrogen and oxygen atoms in total. The van der Waals surface area contributed by atoms with E-state index in [1.807, 2.05) is 6.92 Å². The molecule has 0 fully saturated rings. The zero-order valence-electron chi connectivity index (χ0n) is 18.7. The van der Waals surface area contributed by atoms with Crippen molar-refractivity contribution in [2.75, 3.05) is 20.6 Å². The van der Waals surface area contributed by atoms with Crippen LogP contribution in [-0.4, -0.2) is 49.0 Å². The zero-order valence-corrected chi connectivity index (χ0v) is 20.3. The quantitative estimate of drug-likeness (QED) is 0.452. The van der Waals surface area contributed by atoms with Gasteiger partial charge in [-0.15, -0.1) is 0 Å². The Morgan fingerprint density at radius 2 is 1.91 bits per heavy atom. The lowest BCUT2D eigenvalue weighted by atomic mass is 9.97. The highest BCUT2D eigenvalue weighted by atomic mass is 35.5. The number of sulfonamides is 1. The van der Waals surface area contributed by atoms with Crippen molar-refractivity contribution >= 4 is 38.7 Å². The summed E-state index contributed by atoms with van der Waals surface area (Å²) in [5.41, 5.74) is 3.49. The summed E-state index contributed by atoms with van der Waals surface area (Å²) in [6.07, 6.45) is 1.32. The Labute approximate surface area is 197 Å². The molecule has 2 N–H and O–H groups in total. The van der Waals surface area contributed by atoms with Crippen molar-refractivity contribution in [3.63, 3.8) is 0 Å².